The number of hydrogen-bond acceptors (Lipinski definition) is 2. The number of nitrogens with one attached hydrogen (secondary N) is 1. The first-order valence-electron chi connectivity index (χ1n) is 8.80. The van der Waals surface area contributed by atoms with Crippen LogP contribution < -0.4 is 5.32 Å². The summed E-state index contributed by atoms with van der Waals surface area (Å²) < 4.78 is 0. The summed E-state index contributed by atoms with van der Waals surface area (Å²) in [5.74, 6) is 0. The van der Waals surface area contributed by atoms with E-state index in [0.717, 1.165) is 55.4 Å². The van der Waals surface area contributed by atoms with E-state index in [-0.39, 0.29) is 6.03 Å². The minimum Gasteiger partial charge on any atom is -0.322 e. The van der Waals surface area contributed by atoms with Crippen LogP contribution in [0.2, 0.25) is 10.0 Å². The molecule has 2 aromatic rings. The van der Waals surface area contributed by atoms with Crippen LogP contribution >= 0.6 is 23.2 Å². The first-order valence-corrected chi connectivity index (χ1v) is 9.56. The number of urea groups is 1. The first-order chi connectivity index (χ1) is 12.5. The lowest BCUT2D eigenvalue weighted by molar-refractivity contribution is 0.148. The average Bonchev–Trinajstić information content (AvgIpc) is 2.64. The molecule has 1 aliphatic heterocycles. The molecule has 4 nitrogen and oxygen atoms in total. The molecule has 0 radical (unpaired) electrons. The number of benzene rings is 2. The molecule has 138 valence electrons. The van der Waals surface area contributed by atoms with Crippen molar-refractivity contribution in [1.82, 2.24) is 9.80 Å². The van der Waals surface area contributed by atoms with E-state index in [1.807, 2.05) is 36.1 Å². The quantitative estimate of drug-likeness (QED) is 0.819. The molecule has 1 fully saturated rings. The molecule has 3 rings (SSSR count). The van der Waals surface area contributed by atoms with Crippen LogP contribution in [0.15, 0.2) is 42.5 Å². The highest BCUT2D eigenvalue weighted by Gasteiger charge is 2.21. The smallest absolute Gasteiger partial charge is 0.321 e. The van der Waals surface area contributed by atoms with Gasteiger partial charge in [-0.15, -0.1) is 0 Å². The molecule has 0 spiro atoms. The third kappa shape index (κ3) is 5.13. The Labute approximate surface area is 164 Å². The van der Waals surface area contributed by atoms with Gasteiger partial charge in [-0.2, -0.15) is 0 Å². The van der Waals surface area contributed by atoms with Gasteiger partial charge in [0.15, 0.2) is 0 Å². The second-order valence-electron chi connectivity index (χ2n) is 6.59. The van der Waals surface area contributed by atoms with Crippen LogP contribution in [0.3, 0.4) is 0 Å². The number of hydrogen-bond donors (Lipinski definition) is 1. The number of aryl methyl sites for hydroxylation is 1. The topological polar surface area (TPSA) is 35.6 Å². The molecule has 2 aromatic carbocycles. The zero-order chi connectivity index (χ0) is 18.5. The molecule has 6 heteroatoms. The third-order valence-corrected chi connectivity index (χ3v) is 5.22. The molecule has 1 N–H and O–H groups in total. The Hall–Kier alpha value is -1.75. The maximum absolute atomic E-state index is 12.5. The molecule has 0 aromatic heterocycles. The van der Waals surface area contributed by atoms with E-state index in [4.69, 9.17) is 23.2 Å². The monoisotopic (exact) mass is 391 g/mol. The largest absolute Gasteiger partial charge is 0.322 e. The van der Waals surface area contributed by atoms with Gasteiger partial charge in [-0.3, -0.25) is 4.90 Å². The summed E-state index contributed by atoms with van der Waals surface area (Å²) in [6.45, 7) is 6.17. The molecule has 0 unspecified atom stereocenters. The minimum atomic E-state index is -0.0623. The fourth-order valence-corrected chi connectivity index (χ4v) is 3.33. The standard InChI is InChI=1S/C20H23Cl2N3O/c1-15-2-5-18(22)14-19(15)23-20(26)25-12-10-24(11-13-25)9-8-16-3-6-17(21)7-4-16/h2-7,14H,8-13H2,1H3,(H,23,26). The highest BCUT2D eigenvalue weighted by Crippen LogP contribution is 2.21. The van der Waals surface area contributed by atoms with Crippen LogP contribution in [0.25, 0.3) is 0 Å². The van der Waals surface area contributed by atoms with Gasteiger partial charge in [0.05, 0.1) is 0 Å². The number of anilines is 1. The van der Waals surface area contributed by atoms with Crippen molar-refractivity contribution in [2.75, 3.05) is 38.0 Å². The van der Waals surface area contributed by atoms with Crippen molar-refractivity contribution >= 4 is 34.9 Å². The maximum Gasteiger partial charge on any atom is 0.321 e. The third-order valence-electron chi connectivity index (χ3n) is 4.73. The zero-order valence-electron chi connectivity index (χ0n) is 14.8. The molecule has 1 aliphatic rings. The van der Waals surface area contributed by atoms with E-state index in [2.05, 4.69) is 22.3 Å². The summed E-state index contributed by atoms with van der Waals surface area (Å²) >= 11 is 11.9. The second kappa shape index (κ2) is 8.76. The van der Waals surface area contributed by atoms with Crippen molar-refractivity contribution in [3.8, 4) is 0 Å². The van der Waals surface area contributed by atoms with Gasteiger partial charge in [-0.1, -0.05) is 41.4 Å². The Balaban J connectivity index is 1.46. The summed E-state index contributed by atoms with van der Waals surface area (Å²) in [6.07, 6.45) is 0.991. The van der Waals surface area contributed by atoms with Gasteiger partial charge < -0.3 is 10.2 Å². The van der Waals surface area contributed by atoms with E-state index in [1.165, 1.54) is 5.56 Å². The van der Waals surface area contributed by atoms with Crippen molar-refractivity contribution in [3.05, 3.63) is 63.6 Å². The molecule has 0 bridgehead atoms. The van der Waals surface area contributed by atoms with Crippen molar-refractivity contribution in [3.63, 3.8) is 0 Å². The summed E-state index contributed by atoms with van der Waals surface area (Å²) in [5, 5.41) is 4.36. The second-order valence-corrected chi connectivity index (χ2v) is 7.47. The van der Waals surface area contributed by atoms with Crippen LogP contribution in [0.4, 0.5) is 10.5 Å². The molecule has 1 heterocycles. The van der Waals surface area contributed by atoms with Crippen molar-refractivity contribution in [1.29, 1.82) is 0 Å². The van der Waals surface area contributed by atoms with Crippen LogP contribution in [0.1, 0.15) is 11.1 Å². The zero-order valence-corrected chi connectivity index (χ0v) is 16.4. The SMILES string of the molecule is Cc1ccc(Cl)cc1NC(=O)N1CCN(CCc2ccc(Cl)cc2)CC1. The van der Waals surface area contributed by atoms with Gasteiger partial charge >= 0.3 is 6.03 Å². The highest BCUT2D eigenvalue weighted by atomic mass is 35.5. The lowest BCUT2D eigenvalue weighted by Crippen LogP contribution is -2.50. The van der Waals surface area contributed by atoms with E-state index in [9.17, 15) is 4.79 Å². The first kappa shape index (κ1) is 19.0. The molecule has 0 atom stereocenters. The summed E-state index contributed by atoms with van der Waals surface area (Å²) in [4.78, 5) is 16.7. The van der Waals surface area contributed by atoms with Gasteiger partial charge in [-0.05, 0) is 48.7 Å². The van der Waals surface area contributed by atoms with Crippen molar-refractivity contribution < 1.29 is 4.79 Å². The van der Waals surface area contributed by atoms with Gasteiger partial charge in [0.1, 0.15) is 0 Å². The Bertz CT molecular complexity index is 756. The molecular weight excluding hydrogens is 369 g/mol. The van der Waals surface area contributed by atoms with E-state index < -0.39 is 0 Å². The van der Waals surface area contributed by atoms with Crippen LogP contribution in [0.5, 0.6) is 0 Å². The van der Waals surface area contributed by atoms with Crippen LogP contribution in [0, 0.1) is 6.92 Å². The molecule has 0 aliphatic carbocycles. The maximum atomic E-state index is 12.5. The molecule has 2 amide bonds. The lowest BCUT2D eigenvalue weighted by Gasteiger charge is -2.34. The van der Waals surface area contributed by atoms with Gasteiger partial charge in [0.2, 0.25) is 0 Å². The van der Waals surface area contributed by atoms with E-state index in [0.29, 0.717) is 5.02 Å². The lowest BCUT2D eigenvalue weighted by atomic mass is 10.1. The summed E-state index contributed by atoms with van der Waals surface area (Å²) in [7, 11) is 0. The normalized spacial score (nSPS) is 15.1. The minimum absolute atomic E-state index is 0.0623. The van der Waals surface area contributed by atoms with E-state index >= 15 is 0 Å². The average molecular weight is 392 g/mol. The summed E-state index contributed by atoms with van der Waals surface area (Å²) in [5.41, 5.74) is 3.06. The molecular formula is C20H23Cl2N3O. The number of carbonyl (C=O) groups excluding carboxylic acids is 1. The predicted octanol–water partition coefficient (Wildman–Crippen LogP) is 4.69. The van der Waals surface area contributed by atoms with Crippen molar-refractivity contribution in [2.24, 2.45) is 0 Å². The fourth-order valence-electron chi connectivity index (χ4n) is 3.04. The number of amides is 2. The number of nitrogens with zero attached hydrogens (tertiary/aromatic N) is 2. The number of piperazine rings is 1. The Morgan fingerprint density at radius 1 is 1.00 bits per heavy atom. The Kier molecular flexibility index (Phi) is 6.41. The fraction of sp³-hybridized carbons (Fsp3) is 0.350. The molecule has 1 saturated heterocycles. The van der Waals surface area contributed by atoms with Crippen molar-refractivity contribution in [2.45, 2.75) is 13.3 Å². The summed E-state index contributed by atoms with van der Waals surface area (Å²) in [6, 6.07) is 13.5. The molecule has 26 heavy (non-hydrogen) atoms. The van der Waals surface area contributed by atoms with Gasteiger partial charge in [0.25, 0.3) is 0 Å². The number of carbonyl (C=O) groups is 1. The molecule has 0 saturated carbocycles. The number of halogens is 2. The Morgan fingerprint density at radius 3 is 2.35 bits per heavy atom. The van der Waals surface area contributed by atoms with Gasteiger partial charge in [-0.25, -0.2) is 4.79 Å². The predicted molar refractivity (Wildman–Crippen MR) is 108 cm³/mol. The van der Waals surface area contributed by atoms with E-state index in [1.54, 1.807) is 6.07 Å². The number of rotatable bonds is 4. The van der Waals surface area contributed by atoms with Crippen LogP contribution in [-0.4, -0.2) is 48.6 Å². The van der Waals surface area contributed by atoms with Crippen LogP contribution in [-0.2, 0) is 6.42 Å². The van der Waals surface area contributed by atoms with Gasteiger partial charge in [0, 0.05) is 48.5 Å². The Morgan fingerprint density at radius 2 is 1.65 bits per heavy atom. The highest BCUT2D eigenvalue weighted by molar-refractivity contribution is 6.31.